The molecule has 2 unspecified atom stereocenters. The Morgan fingerprint density at radius 2 is 0.639 bits per heavy atom. The van der Waals surface area contributed by atoms with Gasteiger partial charge in [-0.25, -0.2) is 0 Å². The summed E-state index contributed by atoms with van der Waals surface area (Å²) < 4.78 is 30.4. The molecule has 182 valence electrons. The summed E-state index contributed by atoms with van der Waals surface area (Å²) in [6, 6.07) is 33.5. The first kappa shape index (κ1) is 25.4. The van der Waals surface area contributed by atoms with Gasteiger partial charge in [-0.15, -0.1) is 0 Å². The minimum atomic E-state index is -3.99. The monoisotopic (exact) mass is 516 g/mol. The van der Waals surface area contributed by atoms with Gasteiger partial charge in [-0.1, -0.05) is 121 Å². The second kappa shape index (κ2) is 10.5. The summed E-state index contributed by atoms with van der Waals surface area (Å²) in [5.41, 5.74) is 8.58. The Morgan fingerprint density at radius 3 is 0.806 bits per heavy atom. The highest BCUT2D eigenvalue weighted by atomic mass is 31.2. The topological polar surface area (TPSA) is 120 Å². The molecular formula is C28H26N2O4P2. The fourth-order valence-electron chi connectivity index (χ4n) is 4.61. The van der Waals surface area contributed by atoms with E-state index in [1.165, 1.54) is 0 Å². The molecular weight excluding hydrogens is 490 g/mol. The number of rotatable bonds is 9. The maximum absolute atomic E-state index is 15.2. The molecule has 0 bridgehead atoms. The third-order valence-electron chi connectivity index (χ3n) is 6.22. The Balaban J connectivity index is 2.09. The van der Waals surface area contributed by atoms with Crippen LogP contribution in [0.1, 0.15) is 0 Å². The van der Waals surface area contributed by atoms with Gasteiger partial charge in [0, 0.05) is 21.2 Å². The molecule has 0 aliphatic heterocycles. The van der Waals surface area contributed by atoms with Crippen LogP contribution in [0.2, 0.25) is 0 Å². The van der Waals surface area contributed by atoms with E-state index < -0.39 is 37.4 Å². The lowest BCUT2D eigenvalue weighted by Gasteiger charge is -2.35. The summed E-state index contributed by atoms with van der Waals surface area (Å²) in [7, 11) is -7.97. The Bertz CT molecular complexity index is 1250. The molecule has 2 amide bonds. The Labute approximate surface area is 210 Å². The van der Waals surface area contributed by atoms with Gasteiger partial charge in [-0.05, 0) is 0 Å². The first-order valence-corrected chi connectivity index (χ1v) is 14.9. The second-order valence-electron chi connectivity index (χ2n) is 8.35. The van der Waals surface area contributed by atoms with Gasteiger partial charge in [0.25, 0.3) is 0 Å². The van der Waals surface area contributed by atoms with Crippen molar-refractivity contribution in [1.29, 1.82) is 0 Å². The summed E-state index contributed by atoms with van der Waals surface area (Å²) in [4.78, 5) is 26.5. The Hall–Kier alpha value is -3.72. The number of benzene rings is 4. The summed E-state index contributed by atoms with van der Waals surface area (Å²) in [5.74, 6) is -2.02. The number of hydrogen-bond donors (Lipinski definition) is 2. The number of hydrogen-bond acceptors (Lipinski definition) is 4. The average molecular weight is 516 g/mol. The normalized spacial score (nSPS) is 13.4. The van der Waals surface area contributed by atoms with Gasteiger partial charge in [-0.3, -0.25) is 9.59 Å². The van der Waals surface area contributed by atoms with Crippen molar-refractivity contribution in [3.63, 3.8) is 0 Å². The van der Waals surface area contributed by atoms with Gasteiger partial charge in [0.05, 0.1) is 0 Å². The van der Waals surface area contributed by atoms with Gasteiger partial charge in [-0.2, -0.15) is 0 Å². The van der Waals surface area contributed by atoms with E-state index in [0.717, 1.165) is 0 Å². The Kier molecular flexibility index (Phi) is 7.40. The highest BCUT2D eigenvalue weighted by Crippen LogP contribution is 2.60. The molecule has 0 aliphatic rings. The van der Waals surface area contributed by atoms with E-state index in [0.29, 0.717) is 21.2 Å². The van der Waals surface area contributed by atoms with E-state index in [4.69, 9.17) is 11.5 Å². The maximum atomic E-state index is 15.2. The predicted molar refractivity (Wildman–Crippen MR) is 145 cm³/mol. The summed E-state index contributed by atoms with van der Waals surface area (Å²) in [6.07, 6.45) is 0. The lowest BCUT2D eigenvalue weighted by Crippen LogP contribution is -2.51. The van der Waals surface area contributed by atoms with Crippen molar-refractivity contribution in [2.45, 2.75) is 11.3 Å². The maximum Gasteiger partial charge on any atom is 0.229 e. The molecule has 0 fully saturated rings. The predicted octanol–water partition coefficient (Wildman–Crippen LogP) is 2.72. The largest absolute Gasteiger partial charge is 0.369 e. The zero-order chi connectivity index (χ0) is 25.8. The molecule has 4 rings (SSSR count). The van der Waals surface area contributed by atoms with Crippen molar-refractivity contribution >= 4 is 47.3 Å². The molecule has 4 aromatic rings. The summed E-state index contributed by atoms with van der Waals surface area (Å²) in [5, 5.41) is 1.27. The van der Waals surface area contributed by atoms with E-state index in [-0.39, 0.29) is 0 Å². The molecule has 6 nitrogen and oxygen atoms in total. The van der Waals surface area contributed by atoms with Gasteiger partial charge in [0.1, 0.15) is 11.3 Å². The quantitative estimate of drug-likeness (QED) is 0.333. The molecule has 8 heteroatoms. The van der Waals surface area contributed by atoms with E-state index in [1.807, 2.05) is 0 Å². The molecule has 0 radical (unpaired) electrons. The van der Waals surface area contributed by atoms with Crippen molar-refractivity contribution in [3.8, 4) is 0 Å². The lowest BCUT2D eigenvalue weighted by molar-refractivity contribution is -0.122. The number of carbonyl (C=O) groups is 2. The van der Waals surface area contributed by atoms with Crippen molar-refractivity contribution in [1.82, 2.24) is 0 Å². The van der Waals surface area contributed by atoms with Crippen molar-refractivity contribution in [2.24, 2.45) is 11.5 Å². The second-order valence-corrected chi connectivity index (χ2v) is 14.2. The zero-order valence-corrected chi connectivity index (χ0v) is 21.2. The number of nitrogens with two attached hydrogens (primary N) is 2. The minimum absolute atomic E-state index is 0.318. The minimum Gasteiger partial charge on any atom is -0.369 e. The molecule has 2 atom stereocenters. The third kappa shape index (κ3) is 4.46. The first-order chi connectivity index (χ1) is 17.3. The van der Waals surface area contributed by atoms with E-state index in [2.05, 4.69) is 0 Å². The van der Waals surface area contributed by atoms with Crippen molar-refractivity contribution in [2.75, 3.05) is 0 Å². The lowest BCUT2D eigenvalue weighted by atomic mass is 10.2. The van der Waals surface area contributed by atoms with E-state index in [9.17, 15) is 9.59 Å². The highest BCUT2D eigenvalue weighted by molar-refractivity contribution is 7.84. The molecule has 4 N–H and O–H groups in total. The van der Waals surface area contributed by atoms with Crippen LogP contribution in [0.3, 0.4) is 0 Å². The SMILES string of the molecule is NC(=O)C(C(C(N)=O)P(=O)(c1ccccc1)c1ccccc1)P(=O)(c1ccccc1)c1ccccc1. The molecule has 0 spiro atoms. The van der Waals surface area contributed by atoms with Gasteiger partial charge >= 0.3 is 0 Å². The molecule has 0 aromatic heterocycles. The van der Waals surface area contributed by atoms with Crippen molar-refractivity contribution < 1.29 is 18.7 Å². The van der Waals surface area contributed by atoms with Gasteiger partial charge in [0.2, 0.25) is 11.8 Å². The summed E-state index contributed by atoms with van der Waals surface area (Å²) >= 11 is 0. The van der Waals surface area contributed by atoms with Crippen LogP contribution in [0.15, 0.2) is 121 Å². The number of amides is 2. The molecule has 0 saturated carbocycles. The first-order valence-electron chi connectivity index (χ1n) is 11.3. The fourth-order valence-corrected chi connectivity index (χ4v) is 11.9. The zero-order valence-electron chi connectivity index (χ0n) is 19.4. The highest BCUT2D eigenvalue weighted by Gasteiger charge is 2.55. The number of carbonyl (C=O) groups excluding carboxylic acids is 2. The summed E-state index contributed by atoms with van der Waals surface area (Å²) in [6.45, 7) is 0. The van der Waals surface area contributed by atoms with Crippen LogP contribution in [0.4, 0.5) is 0 Å². The van der Waals surface area contributed by atoms with Crippen LogP contribution >= 0.6 is 14.3 Å². The third-order valence-corrected chi connectivity index (χ3v) is 13.4. The van der Waals surface area contributed by atoms with Crippen LogP contribution in [-0.4, -0.2) is 23.1 Å². The Morgan fingerprint density at radius 1 is 0.444 bits per heavy atom. The molecule has 0 heterocycles. The van der Waals surface area contributed by atoms with Gasteiger partial charge < -0.3 is 20.6 Å². The fraction of sp³-hybridized carbons (Fsp3) is 0.0714. The molecule has 4 aromatic carbocycles. The molecule has 0 aliphatic carbocycles. The number of primary amides is 2. The van der Waals surface area contributed by atoms with E-state index >= 15 is 9.13 Å². The van der Waals surface area contributed by atoms with Gasteiger partial charge in [0.15, 0.2) is 14.3 Å². The van der Waals surface area contributed by atoms with Crippen molar-refractivity contribution in [3.05, 3.63) is 121 Å². The average Bonchev–Trinajstić information content (AvgIpc) is 2.92. The standard InChI is InChI=1S/C28H26N2O4P2/c29-27(31)25(35(33,21-13-5-1-6-14-21)22-15-7-2-8-16-22)26(28(30)32)36(34,23-17-9-3-10-18-23)24-19-11-4-12-20-24/h1-20,25-26H,(H2,29,31)(H2,30,32). The van der Waals surface area contributed by atoms with Crippen LogP contribution < -0.4 is 32.7 Å². The molecule has 36 heavy (non-hydrogen) atoms. The van der Waals surface area contributed by atoms with Crippen LogP contribution in [-0.2, 0) is 18.7 Å². The van der Waals surface area contributed by atoms with E-state index in [1.54, 1.807) is 121 Å². The molecule has 0 saturated heterocycles. The van der Waals surface area contributed by atoms with Crippen LogP contribution in [0.5, 0.6) is 0 Å². The smallest absolute Gasteiger partial charge is 0.229 e. The van der Waals surface area contributed by atoms with Crippen LogP contribution in [0, 0.1) is 0 Å². The van der Waals surface area contributed by atoms with Crippen LogP contribution in [0.25, 0.3) is 0 Å².